The van der Waals surface area contributed by atoms with Crippen LogP contribution in [-0.2, 0) is 0 Å². The van der Waals surface area contributed by atoms with Crippen molar-refractivity contribution in [2.45, 2.75) is 12.8 Å². The van der Waals surface area contributed by atoms with Crippen LogP contribution < -0.4 is 5.32 Å². The zero-order valence-corrected chi connectivity index (χ0v) is 9.07. The number of nitrogens with zero attached hydrogens (tertiary/aromatic N) is 1. The van der Waals surface area contributed by atoms with Crippen molar-refractivity contribution in [3.8, 4) is 0 Å². The molecular formula is C12H15N3O. The Morgan fingerprint density at radius 1 is 1.19 bits per heavy atom. The highest BCUT2D eigenvalue weighted by Gasteiger charge is 2.17. The topological polar surface area (TPSA) is 56.2 Å². The van der Waals surface area contributed by atoms with Crippen molar-refractivity contribution < 1.29 is 4.79 Å². The molecule has 0 bridgehead atoms. The van der Waals surface area contributed by atoms with E-state index in [1.54, 1.807) is 12.1 Å². The Morgan fingerprint density at radius 3 is 2.44 bits per heavy atom. The van der Waals surface area contributed by atoms with Crippen molar-refractivity contribution in [2.24, 2.45) is 0 Å². The van der Waals surface area contributed by atoms with Crippen LogP contribution in [0.1, 0.15) is 23.2 Å². The van der Waals surface area contributed by atoms with Gasteiger partial charge < -0.3 is 4.90 Å². The van der Waals surface area contributed by atoms with E-state index in [1.165, 1.54) is 0 Å². The summed E-state index contributed by atoms with van der Waals surface area (Å²) in [5.41, 5.74) is 0.589. The molecule has 1 amide bonds. The molecule has 0 spiro atoms. The lowest BCUT2D eigenvalue weighted by molar-refractivity contribution is 0.0972. The van der Waals surface area contributed by atoms with E-state index < -0.39 is 0 Å². The summed E-state index contributed by atoms with van der Waals surface area (Å²) in [6.07, 6.45) is 2.20. The number of carbonyl (C=O) groups excluding carboxylic acids is 1. The molecule has 1 aromatic carbocycles. The van der Waals surface area contributed by atoms with Crippen LogP contribution in [0.3, 0.4) is 0 Å². The smallest absolute Gasteiger partial charge is 0.257 e. The molecule has 4 heteroatoms. The van der Waals surface area contributed by atoms with E-state index in [9.17, 15) is 4.79 Å². The predicted molar refractivity (Wildman–Crippen MR) is 62.4 cm³/mol. The van der Waals surface area contributed by atoms with Crippen LogP contribution in [0.4, 0.5) is 0 Å². The van der Waals surface area contributed by atoms with E-state index in [-0.39, 0.29) is 11.9 Å². The molecule has 1 heterocycles. The summed E-state index contributed by atoms with van der Waals surface area (Å²) in [5.74, 6) is 0.00357. The van der Waals surface area contributed by atoms with Gasteiger partial charge in [-0.25, -0.2) is 0 Å². The lowest BCUT2D eigenvalue weighted by Crippen LogP contribution is -2.41. The molecule has 1 aliphatic heterocycles. The van der Waals surface area contributed by atoms with Gasteiger partial charge in [-0.05, 0) is 25.0 Å². The predicted octanol–water partition coefficient (Wildman–Crippen LogP) is 1.45. The number of hydrogen-bond acceptors (Lipinski definition) is 2. The maximum atomic E-state index is 11.7. The van der Waals surface area contributed by atoms with Gasteiger partial charge in [0.2, 0.25) is 0 Å². The lowest BCUT2D eigenvalue weighted by atomic mass is 10.2. The molecule has 1 saturated heterocycles. The zero-order chi connectivity index (χ0) is 11.4. The third-order valence-corrected chi connectivity index (χ3v) is 2.69. The zero-order valence-electron chi connectivity index (χ0n) is 9.07. The summed E-state index contributed by atoms with van der Waals surface area (Å²) < 4.78 is 0. The average Bonchev–Trinajstić information content (AvgIpc) is 2.83. The Hall–Kier alpha value is -1.84. The van der Waals surface area contributed by atoms with Crippen LogP contribution in [0.25, 0.3) is 0 Å². The van der Waals surface area contributed by atoms with Gasteiger partial charge in [-0.2, -0.15) is 0 Å². The Labute approximate surface area is 94.8 Å². The monoisotopic (exact) mass is 217 g/mol. The van der Waals surface area contributed by atoms with Gasteiger partial charge in [0.25, 0.3) is 5.91 Å². The van der Waals surface area contributed by atoms with E-state index in [1.807, 2.05) is 23.1 Å². The minimum Gasteiger partial charge on any atom is -0.343 e. The van der Waals surface area contributed by atoms with Crippen molar-refractivity contribution in [1.82, 2.24) is 10.2 Å². The minimum absolute atomic E-state index is 0.211. The number of amides is 1. The molecule has 2 rings (SSSR count). The number of likely N-dealkylation sites (tertiary alicyclic amines) is 1. The van der Waals surface area contributed by atoms with Crippen molar-refractivity contribution >= 4 is 11.9 Å². The number of guanidine groups is 1. The molecule has 0 saturated carbocycles. The van der Waals surface area contributed by atoms with Gasteiger partial charge in [0.05, 0.1) is 0 Å². The number of nitrogens with one attached hydrogen (secondary N) is 2. The van der Waals surface area contributed by atoms with E-state index in [0.717, 1.165) is 25.9 Å². The number of benzene rings is 1. The molecule has 0 radical (unpaired) electrons. The van der Waals surface area contributed by atoms with Crippen LogP contribution in [-0.4, -0.2) is 29.9 Å². The fourth-order valence-corrected chi connectivity index (χ4v) is 1.79. The summed E-state index contributed by atoms with van der Waals surface area (Å²) in [7, 11) is 0. The highest BCUT2D eigenvalue weighted by molar-refractivity contribution is 6.04. The molecule has 1 fully saturated rings. The number of rotatable bonds is 1. The quantitative estimate of drug-likeness (QED) is 0.552. The van der Waals surface area contributed by atoms with Crippen molar-refractivity contribution in [1.29, 1.82) is 5.41 Å². The second kappa shape index (κ2) is 4.79. The van der Waals surface area contributed by atoms with E-state index in [0.29, 0.717) is 5.56 Å². The third kappa shape index (κ3) is 2.39. The maximum Gasteiger partial charge on any atom is 0.257 e. The number of carbonyl (C=O) groups is 1. The van der Waals surface area contributed by atoms with Crippen molar-refractivity contribution in [3.05, 3.63) is 35.9 Å². The van der Waals surface area contributed by atoms with E-state index >= 15 is 0 Å². The summed E-state index contributed by atoms with van der Waals surface area (Å²) >= 11 is 0. The number of hydrogen-bond donors (Lipinski definition) is 2. The summed E-state index contributed by atoms with van der Waals surface area (Å²) in [4.78, 5) is 13.6. The van der Waals surface area contributed by atoms with Gasteiger partial charge in [0.15, 0.2) is 5.96 Å². The Kier molecular flexibility index (Phi) is 3.19. The average molecular weight is 217 g/mol. The van der Waals surface area contributed by atoms with Crippen LogP contribution in [0.5, 0.6) is 0 Å². The van der Waals surface area contributed by atoms with Gasteiger partial charge in [0, 0.05) is 18.7 Å². The van der Waals surface area contributed by atoms with Crippen LogP contribution >= 0.6 is 0 Å². The van der Waals surface area contributed by atoms with E-state index in [2.05, 4.69) is 5.32 Å². The third-order valence-electron chi connectivity index (χ3n) is 2.69. The molecule has 2 N–H and O–H groups in total. The Morgan fingerprint density at radius 2 is 1.81 bits per heavy atom. The highest BCUT2D eigenvalue weighted by atomic mass is 16.1. The first-order chi connectivity index (χ1) is 7.77. The highest BCUT2D eigenvalue weighted by Crippen LogP contribution is 2.07. The minimum atomic E-state index is -0.211. The molecule has 0 aliphatic carbocycles. The SMILES string of the molecule is N=C(NC(=O)c1ccccc1)N1CCCC1. The van der Waals surface area contributed by atoms with Crippen LogP contribution in [0, 0.1) is 5.41 Å². The van der Waals surface area contributed by atoms with Gasteiger partial charge in [0.1, 0.15) is 0 Å². The van der Waals surface area contributed by atoms with Crippen LogP contribution in [0.2, 0.25) is 0 Å². The van der Waals surface area contributed by atoms with Crippen molar-refractivity contribution in [3.63, 3.8) is 0 Å². The first-order valence-electron chi connectivity index (χ1n) is 5.47. The Balaban J connectivity index is 1.94. The fourth-order valence-electron chi connectivity index (χ4n) is 1.79. The summed E-state index contributed by atoms with van der Waals surface area (Å²) in [5, 5.41) is 10.4. The molecule has 1 aromatic rings. The molecule has 16 heavy (non-hydrogen) atoms. The molecule has 4 nitrogen and oxygen atoms in total. The summed E-state index contributed by atoms with van der Waals surface area (Å²) in [6, 6.07) is 8.98. The normalized spacial score (nSPS) is 14.9. The lowest BCUT2D eigenvalue weighted by Gasteiger charge is -2.18. The fraction of sp³-hybridized carbons (Fsp3) is 0.333. The van der Waals surface area contributed by atoms with Crippen LogP contribution in [0.15, 0.2) is 30.3 Å². The molecule has 1 aliphatic rings. The largest absolute Gasteiger partial charge is 0.343 e. The standard InChI is InChI=1S/C12H15N3O/c13-12(15-8-4-5-9-15)14-11(16)10-6-2-1-3-7-10/h1-3,6-7H,4-5,8-9H2,(H2,13,14,16). The summed E-state index contributed by atoms with van der Waals surface area (Å²) in [6.45, 7) is 1.74. The van der Waals surface area contributed by atoms with Gasteiger partial charge >= 0.3 is 0 Å². The van der Waals surface area contributed by atoms with Crippen molar-refractivity contribution in [2.75, 3.05) is 13.1 Å². The maximum absolute atomic E-state index is 11.7. The first-order valence-corrected chi connectivity index (χ1v) is 5.47. The molecule has 84 valence electrons. The molecule has 0 unspecified atom stereocenters. The molecular weight excluding hydrogens is 202 g/mol. The van der Waals surface area contributed by atoms with E-state index in [4.69, 9.17) is 5.41 Å². The first kappa shape index (κ1) is 10.7. The second-order valence-corrected chi connectivity index (χ2v) is 3.86. The van der Waals surface area contributed by atoms with Gasteiger partial charge in [-0.1, -0.05) is 18.2 Å². The molecule has 0 aromatic heterocycles. The molecule has 0 atom stereocenters. The van der Waals surface area contributed by atoms with Gasteiger partial charge in [-0.15, -0.1) is 0 Å². The second-order valence-electron chi connectivity index (χ2n) is 3.86. The van der Waals surface area contributed by atoms with Gasteiger partial charge in [-0.3, -0.25) is 15.5 Å². The Bertz CT molecular complexity index is 383.